The average Bonchev–Trinajstić information content (AvgIpc) is 3.26. The zero-order valence-electron chi connectivity index (χ0n) is 13.5. The maximum Gasteiger partial charge on any atom is 0.220 e. The summed E-state index contributed by atoms with van der Waals surface area (Å²) in [6, 6.07) is 5.90. The fourth-order valence-electron chi connectivity index (χ4n) is 3.10. The molecule has 0 bridgehead atoms. The Morgan fingerprint density at radius 3 is 3.08 bits per heavy atom. The standard InChI is InChI=1S/C18H20N4OS/c23-17(8-7-13-12-22-11-2-1-6-16(22)20-13)19-10-9-18-21-14-4-3-5-15(14)24-18/h1-2,6,11-12H,3-5,7-10H2,(H,19,23). The number of nitrogens with zero attached hydrogens (tertiary/aromatic N) is 3. The van der Waals surface area contributed by atoms with Crippen molar-refractivity contribution < 1.29 is 4.79 Å². The zero-order valence-corrected chi connectivity index (χ0v) is 14.3. The van der Waals surface area contributed by atoms with Crippen LogP contribution in [0, 0.1) is 0 Å². The van der Waals surface area contributed by atoms with Gasteiger partial charge in [0.15, 0.2) is 0 Å². The predicted octanol–water partition coefficient (Wildman–Crippen LogP) is 2.57. The van der Waals surface area contributed by atoms with Crippen molar-refractivity contribution in [2.24, 2.45) is 0 Å². The van der Waals surface area contributed by atoms with Crippen LogP contribution < -0.4 is 5.32 Å². The van der Waals surface area contributed by atoms with Gasteiger partial charge in [0, 0.05) is 36.7 Å². The number of pyridine rings is 1. The second kappa shape index (κ2) is 6.73. The number of amides is 1. The lowest BCUT2D eigenvalue weighted by Gasteiger charge is -2.03. The van der Waals surface area contributed by atoms with Gasteiger partial charge in [-0.25, -0.2) is 9.97 Å². The molecule has 4 rings (SSSR count). The van der Waals surface area contributed by atoms with E-state index in [4.69, 9.17) is 0 Å². The average molecular weight is 340 g/mol. The van der Waals surface area contributed by atoms with Crippen molar-refractivity contribution in [2.75, 3.05) is 6.54 Å². The van der Waals surface area contributed by atoms with Gasteiger partial charge in [-0.2, -0.15) is 0 Å². The Kier molecular flexibility index (Phi) is 4.30. The molecule has 1 aliphatic carbocycles. The van der Waals surface area contributed by atoms with Crippen molar-refractivity contribution in [1.82, 2.24) is 19.7 Å². The van der Waals surface area contributed by atoms with Crippen LogP contribution in [0.4, 0.5) is 0 Å². The fraction of sp³-hybridized carbons (Fsp3) is 0.389. The molecule has 24 heavy (non-hydrogen) atoms. The Morgan fingerprint density at radius 1 is 1.25 bits per heavy atom. The zero-order chi connectivity index (χ0) is 16.4. The van der Waals surface area contributed by atoms with Crippen molar-refractivity contribution in [2.45, 2.75) is 38.5 Å². The molecule has 0 fully saturated rings. The van der Waals surface area contributed by atoms with Crippen LogP contribution in [0.3, 0.4) is 0 Å². The van der Waals surface area contributed by atoms with E-state index in [2.05, 4.69) is 15.3 Å². The monoisotopic (exact) mass is 340 g/mol. The molecular formula is C18H20N4OS. The summed E-state index contributed by atoms with van der Waals surface area (Å²) >= 11 is 1.81. The molecular weight excluding hydrogens is 320 g/mol. The predicted molar refractivity (Wildman–Crippen MR) is 94.4 cm³/mol. The Bertz CT molecular complexity index is 812. The number of aryl methyl sites for hydroxylation is 3. The van der Waals surface area contributed by atoms with E-state index >= 15 is 0 Å². The molecule has 0 saturated heterocycles. The van der Waals surface area contributed by atoms with Crippen molar-refractivity contribution >= 4 is 22.9 Å². The molecule has 0 spiro atoms. The van der Waals surface area contributed by atoms with Crippen LogP contribution in [0.1, 0.15) is 34.1 Å². The van der Waals surface area contributed by atoms with E-state index in [0.717, 1.165) is 29.2 Å². The lowest BCUT2D eigenvalue weighted by molar-refractivity contribution is -0.121. The summed E-state index contributed by atoms with van der Waals surface area (Å²) in [7, 11) is 0. The maximum atomic E-state index is 12.0. The normalized spacial score (nSPS) is 13.3. The van der Waals surface area contributed by atoms with Crippen molar-refractivity contribution in [3.63, 3.8) is 0 Å². The molecule has 3 aromatic heterocycles. The first-order valence-electron chi connectivity index (χ1n) is 8.45. The van der Waals surface area contributed by atoms with Gasteiger partial charge in [-0.15, -0.1) is 11.3 Å². The molecule has 0 aliphatic heterocycles. The van der Waals surface area contributed by atoms with Crippen molar-refractivity contribution in [3.8, 4) is 0 Å². The number of thiazole rings is 1. The Labute approximate surface area is 144 Å². The van der Waals surface area contributed by atoms with Gasteiger partial charge in [0.1, 0.15) is 5.65 Å². The van der Waals surface area contributed by atoms with E-state index in [-0.39, 0.29) is 5.91 Å². The van der Waals surface area contributed by atoms with Crippen molar-refractivity contribution in [1.29, 1.82) is 0 Å². The van der Waals surface area contributed by atoms with Gasteiger partial charge in [-0.05, 0) is 37.8 Å². The van der Waals surface area contributed by atoms with Crippen LogP contribution in [-0.2, 0) is 30.5 Å². The van der Waals surface area contributed by atoms with Crippen LogP contribution in [0.5, 0.6) is 0 Å². The first kappa shape index (κ1) is 15.3. The van der Waals surface area contributed by atoms with Gasteiger partial charge in [-0.1, -0.05) is 6.07 Å². The Hall–Kier alpha value is -2.21. The van der Waals surface area contributed by atoms with Gasteiger partial charge < -0.3 is 9.72 Å². The molecule has 0 radical (unpaired) electrons. The molecule has 1 amide bonds. The molecule has 0 aromatic carbocycles. The molecule has 3 heterocycles. The van der Waals surface area contributed by atoms with E-state index in [0.29, 0.717) is 19.4 Å². The van der Waals surface area contributed by atoms with Crippen LogP contribution in [0.15, 0.2) is 30.6 Å². The van der Waals surface area contributed by atoms with Crippen LogP contribution in [-0.4, -0.2) is 26.8 Å². The highest BCUT2D eigenvalue weighted by Crippen LogP contribution is 2.27. The maximum absolute atomic E-state index is 12.0. The van der Waals surface area contributed by atoms with E-state index in [1.54, 1.807) is 0 Å². The highest BCUT2D eigenvalue weighted by atomic mass is 32.1. The SMILES string of the molecule is O=C(CCc1cn2ccccc2n1)NCCc1nc2c(s1)CCC2. The third-order valence-corrected chi connectivity index (χ3v) is 5.54. The van der Waals surface area contributed by atoms with Crippen LogP contribution in [0.2, 0.25) is 0 Å². The number of hydrogen-bond donors (Lipinski definition) is 1. The number of aromatic nitrogens is 3. The van der Waals surface area contributed by atoms with Gasteiger partial charge in [0.25, 0.3) is 0 Å². The minimum Gasteiger partial charge on any atom is -0.356 e. The summed E-state index contributed by atoms with van der Waals surface area (Å²) < 4.78 is 1.98. The highest BCUT2D eigenvalue weighted by Gasteiger charge is 2.16. The number of nitrogens with one attached hydrogen (secondary N) is 1. The first-order chi connectivity index (χ1) is 11.8. The summed E-state index contributed by atoms with van der Waals surface area (Å²) in [6.45, 7) is 0.663. The molecule has 0 unspecified atom stereocenters. The molecule has 0 atom stereocenters. The van der Waals surface area contributed by atoms with Gasteiger partial charge in [0.2, 0.25) is 5.91 Å². The Morgan fingerprint density at radius 2 is 2.21 bits per heavy atom. The van der Waals surface area contributed by atoms with Gasteiger partial charge >= 0.3 is 0 Å². The molecule has 5 nitrogen and oxygen atoms in total. The van der Waals surface area contributed by atoms with E-state index in [1.807, 2.05) is 46.3 Å². The highest BCUT2D eigenvalue weighted by molar-refractivity contribution is 7.11. The lowest BCUT2D eigenvalue weighted by Crippen LogP contribution is -2.25. The lowest BCUT2D eigenvalue weighted by atomic mass is 10.2. The molecule has 124 valence electrons. The third kappa shape index (κ3) is 3.33. The van der Waals surface area contributed by atoms with Crippen molar-refractivity contribution in [3.05, 3.63) is 51.9 Å². The summed E-state index contributed by atoms with van der Waals surface area (Å²) in [5.74, 6) is 0.0798. The van der Waals surface area contributed by atoms with Gasteiger partial charge in [0.05, 0.1) is 16.4 Å². The quantitative estimate of drug-likeness (QED) is 0.750. The number of imidazole rings is 1. The van der Waals surface area contributed by atoms with Crippen LogP contribution >= 0.6 is 11.3 Å². The molecule has 1 aliphatic rings. The summed E-state index contributed by atoms with van der Waals surface area (Å²) in [4.78, 5) is 22.6. The number of hydrogen-bond acceptors (Lipinski definition) is 4. The molecule has 3 aromatic rings. The van der Waals surface area contributed by atoms with E-state index in [1.165, 1.54) is 23.4 Å². The first-order valence-corrected chi connectivity index (χ1v) is 9.26. The summed E-state index contributed by atoms with van der Waals surface area (Å²) in [5.41, 5.74) is 3.16. The third-order valence-electron chi connectivity index (χ3n) is 4.32. The summed E-state index contributed by atoms with van der Waals surface area (Å²) in [6.07, 6.45) is 9.47. The minimum atomic E-state index is 0.0798. The molecule has 0 saturated carbocycles. The van der Waals surface area contributed by atoms with Gasteiger partial charge in [-0.3, -0.25) is 4.79 Å². The van der Waals surface area contributed by atoms with E-state index in [9.17, 15) is 4.79 Å². The van der Waals surface area contributed by atoms with Crippen LogP contribution in [0.25, 0.3) is 5.65 Å². The second-order valence-electron chi connectivity index (χ2n) is 6.13. The summed E-state index contributed by atoms with van der Waals surface area (Å²) in [5, 5.41) is 4.15. The topological polar surface area (TPSA) is 59.3 Å². The number of carbonyl (C=O) groups is 1. The smallest absolute Gasteiger partial charge is 0.220 e. The second-order valence-corrected chi connectivity index (χ2v) is 7.30. The van der Waals surface area contributed by atoms with E-state index < -0.39 is 0 Å². The Balaban J connectivity index is 1.23. The number of rotatable bonds is 6. The number of fused-ring (bicyclic) bond motifs is 2. The minimum absolute atomic E-state index is 0.0798. The molecule has 6 heteroatoms. The molecule has 1 N–H and O–H groups in total. The fourth-order valence-corrected chi connectivity index (χ4v) is 4.25. The number of carbonyl (C=O) groups excluding carboxylic acids is 1. The largest absolute Gasteiger partial charge is 0.356 e.